The van der Waals surface area contributed by atoms with Gasteiger partial charge in [-0.15, -0.1) is 0 Å². The zero-order chi connectivity index (χ0) is 26.1. The minimum Gasteiger partial charge on any atom is -0.462 e. The van der Waals surface area contributed by atoms with Gasteiger partial charge in [0.1, 0.15) is 0 Å². The van der Waals surface area contributed by atoms with Gasteiger partial charge in [0.05, 0.1) is 18.1 Å². The molecular weight excluding hydrogens is 534 g/mol. The highest BCUT2D eigenvalue weighted by Gasteiger charge is 2.36. The first-order valence-electron chi connectivity index (χ1n) is 11.4. The van der Waals surface area contributed by atoms with Crippen LogP contribution in [0, 0.1) is 5.92 Å². The van der Waals surface area contributed by atoms with Crippen molar-refractivity contribution in [1.82, 2.24) is 10.9 Å². The molecule has 1 aliphatic heterocycles. The van der Waals surface area contributed by atoms with Gasteiger partial charge in [-0.05, 0) is 55.0 Å². The highest BCUT2D eigenvalue weighted by molar-refractivity contribution is 9.10. The number of esters is 2. The maximum atomic E-state index is 12.5. The zero-order valence-corrected chi connectivity index (χ0v) is 21.2. The molecule has 1 fully saturated rings. The Bertz CT molecular complexity index is 1120. The predicted molar refractivity (Wildman–Crippen MR) is 133 cm³/mol. The summed E-state index contributed by atoms with van der Waals surface area (Å²) in [6, 6.07) is 12.9. The summed E-state index contributed by atoms with van der Waals surface area (Å²) in [5, 5.41) is 0. The SMILES string of the molecule is CCCCOC(=O)c1ccc(N2C[C@H](C(=O)OCC(=O)NNC(=O)c3ccc(Br)cc3)CC2=O)cc1. The molecule has 1 atom stereocenters. The van der Waals surface area contributed by atoms with Gasteiger partial charge in [-0.25, -0.2) is 4.79 Å². The lowest BCUT2D eigenvalue weighted by atomic mass is 10.1. The second-order valence-corrected chi connectivity index (χ2v) is 8.97. The van der Waals surface area contributed by atoms with Crippen molar-refractivity contribution in [2.24, 2.45) is 5.92 Å². The molecule has 1 aliphatic rings. The van der Waals surface area contributed by atoms with Crippen LogP contribution >= 0.6 is 15.9 Å². The summed E-state index contributed by atoms with van der Waals surface area (Å²) in [6.45, 7) is 1.82. The van der Waals surface area contributed by atoms with E-state index in [4.69, 9.17) is 9.47 Å². The molecule has 3 rings (SSSR count). The van der Waals surface area contributed by atoms with E-state index in [1.165, 1.54) is 4.90 Å². The van der Waals surface area contributed by atoms with Crippen LogP contribution < -0.4 is 15.8 Å². The van der Waals surface area contributed by atoms with Crippen LogP contribution in [0.4, 0.5) is 5.69 Å². The second-order valence-electron chi connectivity index (χ2n) is 8.06. The van der Waals surface area contributed by atoms with Crippen molar-refractivity contribution in [3.8, 4) is 0 Å². The number of ether oxygens (including phenoxy) is 2. The molecule has 2 aromatic rings. The van der Waals surface area contributed by atoms with E-state index in [-0.39, 0.29) is 18.9 Å². The average Bonchev–Trinajstić information content (AvgIpc) is 3.28. The van der Waals surface area contributed by atoms with Crippen molar-refractivity contribution in [1.29, 1.82) is 0 Å². The third kappa shape index (κ3) is 7.38. The number of carbonyl (C=O) groups excluding carboxylic acids is 5. The minimum atomic E-state index is -0.749. The molecule has 11 heteroatoms. The van der Waals surface area contributed by atoms with E-state index >= 15 is 0 Å². The number of hydrogen-bond acceptors (Lipinski definition) is 7. The van der Waals surface area contributed by atoms with E-state index in [0.29, 0.717) is 23.4 Å². The highest BCUT2D eigenvalue weighted by atomic mass is 79.9. The smallest absolute Gasteiger partial charge is 0.338 e. The maximum Gasteiger partial charge on any atom is 0.338 e. The van der Waals surface area contributed by atoms with Crippen LogP contribution in [0.3, 0.4) is 0 Å². The number of rotatable bonds is 9. The Kier molecular flexibility index (Phi) is 9.57. The minimum absolute atomic E-state index is 0.0679. The lowest BCUT2D eigenvalue weighted by molar-refractivity contribution is -0.152. The molecule has 2 N–H and O–H groups in total. The molecule has 190 valence electrons. The predicted octanol–water partition coefficient (Wildman–Crippen LogP) is 2.76. The van der Waals surface area contributed by atoms with Gasteiger partial charge in [0.15, 0.2) is 6.61 Å². The van der Waals surface area contributed by atoms with E-state index in [2.05, 4.69) is 26.8 Å². The molecule has 1 heterocycles. The summed E-state index contributed by atoms with van der Waals surface area (Å²) in [5.74, 6) is -3.41. The summed E-state index contributed by atoms with van der Waals surface area (Å²) in [7, 11) is 0. The van der Waals surface area contributed by atoms with Crippen molar-refractivity contribution >= 4 is 51.3 Å². The molecule has 3 amide bonds. The molecule has 36 heavy (non-hydrogen) atoms. The van der Waals surface area contributed by atoms with Crippen LogP contribution in [0.2, 0.25) is 0 Å². The van der Waals surface area contributed by atoms with Crippen molar-refractivity contribution in [3.63, 3.8) is 0 Å². The quantitative estimate of drug-likeness (QED) is 0.274. The van der Waals surface area contributed by atoms with Gasteiger partial charge in [0.25, 0.3) is 11.8 Å². The number of hydrazine groups is 1. The van der Waals surface area contributed by atoms with Crippen molar-refractivity contribution < 1.29 is 33.4 Å². The molecule has 0 radical (unpaired) electrons. The summed E-state index contributed by atoms with van der Waals surface area (Å²) in [4.78, 5) is 62.3. The Hall–Kier alpha value is -3.73. The number of nitrogens with zero attached hydrogens (tertiary/aromatic N) is 1. The van der Waals surface area contributed by atoms with Crippen LogP contribution in [0.5, 0.6) is 0 Å². The molecule has 2 aromatic carbocycles. The summed E-state index contributed by atoms with van der Waals surface area (Å²) >= 11 is 3.27. The first-order valence-corrected chi connectivity index (χ1v) is 12.2. The monoisotopic (exact) mass is 559 g/mol. The Labute approximate surface area is 216 Å². The number of benzene rings is 2. The summed E-state index contributed by atoms with van der Waals surface area (Å²) in [5.41, 5.74) is 5.65. The lowest BCUT2D eigenvalue weighted by Crippen LogP contribution is -2.43. The highest BCUT2D eigenvalue weighted by Crippen LogP contribution is 2.26. The number of unbranched alkanes of at least 4 members (excludes halogenated alkanes) is 1. The standard InChI is InChI=1S/C25H26BrN3O7/c1-2-3-12-35-24(33)17-6-10-20(11-7-17)29-14-18(13-22(29)31)25(34)36-15-21(30)27-28-23(32)16-4-8-19(26)9-5-16/h4-11,18H,2-3,12-15H2,1H3,(H,27,30)(H,28,32)/t18-/m1/s1. The van der Waals surface area contributed by atoms with Crippen LogP contribution in [0.15, 0.2) is 53.0 Å². The Balaban J connectivity index is 1.44. The first kappa shape index (κ1) is 26.9. The first-order chi connectivity index (χ1) is 17.3. The molecule has 10 nitrogen and oxygen atoms in total. The largest absolute Gasteiger partial charge is 0.462 e. The molecular formula is C25H26BrN3O7. The van der Waals surface area contributed by atoms with Gasteiger partial charge in [-0.2, -0.15) is 0 Å². The third-order valence-electron chi connectivity index (χ3n) is 5.37. The fraction of sp³-hybridized carbons (Fsp3) is 0.320. The molecule has 1 saturated heterocycles. The fourth-order valence-corrected chi connectivity index (χ4v) is 3.64. The summed E-state index contributed by atoms with van der Waals surface area (Å²) < 4.78 is 11.0. The normalized spacial score (nSPS) is 14.8. The van der Waals surface area contributed by atoms with Gasteiger partial charge in [-0.1, -0.05) is 29.3 Å². The van der Waals surface area contributed by atoms with Gasteiger partial charge in [-0.3, -0.25) is 30.0 Å². The van der Waals surface area contributed by atoms with Gasteiger partial charge < -0.3 is 14.4 Å². The van der Waals surface area contributed by atoms with Gasteiger partial charge in [0, 0.05) is 28.7 Å². The Morgan fingerprint density at radius 3 is 2.31 bits per heavy atom. The van der Waals surface area contributed by atoms with Crippen LogP contribution in [-0.4, -0.2) is 49.4 Å². The number of hydrogen-bond donors (Lipinski definition) is 2. The van der Waals surface area contributed by atoms with Crippen LogP contribution in [0.25, 0.3) is 0 Å². The molecule has 0 bridgehead atoms. The van der Waals surface area contributed by atoms with Crippen molar-refractivity contribution in [3.05, 3.63) is 64.1 Å². The Morgan fingerprint density at radius 2 is 1.64 bits per heavy atom. The van der Waals surface area contributed by atoms with E-state index < -0.39 is 36.3 Å². The number of nitrogens with one attached hydrogen (secondary N) is 2. The molecule has 0 saturated carbocycles. The maximum absolute atomic E-state index is 12.5. The second kappa shape index (κ2) is 12.8. The fourth-order valence-electron chi connectivity index (χ4n) is 3.38. The molecule has 0 aliphatic carbocycles. The molecule has 0 spiro atoms. The molecule has 0 aromatic heterocycles. The average molecular weight is 560 g/mol. The number of amides is 3. The topological polar surface area (TPSA) is 131 Å². The Morgan fingerprint density at radius 1 is 0.972 bits per heavy atom. The van der Waals surface area contributed by atoms with E-state index in [9.17, 15) is 24.0 Å². The van der Waals surface area contributed by atoms with E-state index in [1.807, 2.05) is 6.92 Å². The van der Waals surface area contributed by atoms with Crippen molar-refractivity contribution in [2.45, 2.75) is 26.2 Å². The number of anilines is 1. The van der Waals surface area contributed by atoms with Crippen LogP contribution in [-0.2, 0) is 23.9 Å². The van der Waals surface area contributed by atoms with E-state index in [1.54, 1.807) is 48.5 Å². The van der Waals surface area contributed by atoms with Crippen molar-refractivity contribution in [2.75, 3.05) is 24.7 Å². The zero-order valence-electron chi connectivity index (χ0n) is 19.6. The molecule has 0 unspecified atom stereocenters. The van der Waals surface area contributed by atoms with Crippen LogP contribution in [0.1, 0.15) is 46.9 Å². The number of halogens is 1. The van der Waals surface area contributed by atoms with E-state index in [0.717, 1.165) is 17.3 Å². The summed E-state index contributed by atoms with van der Waals surface area (Å²) in [6.07, 6.45) is 1.63. The van der Waals surface area contributed by atoms with Gasteiger partial charge in [0.2, 0.25) is 5.91 Å². The lowest BCUT2D eigenvalue weighted by Gasteiger charge is -2.17. The number of carbonyl (C=O) groups is 5. The van der Waals surface area contributed by atoms with Gasteiger partial charge >= 0.3 is 11.9 Å². The third-order valence-corrected chi connectivity index (χ3v) is 5.90.